The quantitative estimate of drug-likeness (QED) is 0.435. The smallest absolute Gasteiger partial charge is 0.214 e. The zero-order valence-corrected chi connectivity index (χ0v) is 14.4. The lowest BCUT2D eigenvalue weighted by Gasteiger charge is -2.07. The fourth-order valence-electron chi connectivity index (χ4n) is 2.80. The summed E-state index contributed by atoms with van der Waals surface area (Å²) < 4.78 is 1.74. The molecule has 4 rings (SSSR count). The van der Waals surface area contributed by atoms with Crippen LogP contribution in [0.4, 0.5) is 11.5 Å². The Morgan fingerprint density at radius 3 is 1.96 bits per heavy atom. The van der Waals surface area contributed by atoms with E-state index in [1.165, 1.54) is 0 Å². The first-order chi connectivity index (χ1) is 13.4. The third kappa shape index (κ3) is 3.37. The highest BCUT2D eigenvalue weighted by molar-refractivity contribution is 5.74. The molecule has 0 aliphatic carbocycles. The largest absolute Gasteiger partial charge is 0.229 e. The molecule has 0 radical (unpaired) electrons. The van der Waals surface area contributed by atoms with Crippen molar-refractivity contribution in [2.24, 2.45) is 10.2 Å². The molecule has 0 atom stereocenters. The number of aromatic nitrogens is 2. The second kappa shape index (κ2) is 7.46. The standard InChI is InChI=1S/C22H15N5/c23-16-20-21(17-10-4-1-5-11-17)27(19-14-8-3-9-15-19)26-22(20)25-24-18-12-6-2-7-13-18/h1-15H. The summed E-state index contributed by atoms with van der Waals surface area (Å²) >= 11 is 0. The van der Waals surface area contributed by atoms with Crippen molar-refractivity contribution in [3.63, 3.8) is 0 Å². The minimum atomic E-state index is 0.295. The average Bonchev–Trinajstić information content (AvgIpc) is 3.13. The molecule has 0 amide bonds. The van der Waals surface area contributed by atoms with Crippen molar-refractivity contribution in [2.75, 3.05) is 0 Å². The van der Waals surface area contributed by atoms with Crippen molar-refractivity contribution >= 4 is 11.5 Å². The van der Waals surface area contributed by atoms with Crippen LogP contribution in [0.5, 0.6) is 0 Å². The summed E-state index contributed by atoms with van der Waals surface area (Å²) in [6.07, 6.45) is 0. The van der Waals surface area contributed by atoms with Gasteiger partial charge in [0.15, 0.2) is 0 Å². The third-order valence-corrected chi connectivity index (χ3v) is 4.04. The zero-order chi connectivity index (χ0) is 18.5. The van der Waals surface area contributed by atoms with E-state index < -0.39 is 0 Å². The summed E-state index contributed by atoms with van der Waals surface area (Å²) in [6, 6.07) is 31.0. The van der Waals surface area contributed by atoms with Crippen LogP contribution in [-0.4, -0.2) is 9.78 Å². The van der Waals surface area contributed by atoms with Gasteiger partial charge in [0.25, 0.3) is 0 Å². The van der Waals surface area contributed by atoms with Crippen molar-refractivity contribution in [1.82, 2.24) is 9.78 Å². The van der Waals surface area contributed by atoms with Gasteiger partial charge in [-0.2, -0.15) is 5.26 Å². The topological polar surface area (TPSA) is 66.3 Å². The van der Waals surface area contributed by atoms with Crippen LogP contribution in [0, 0.1) is 11.3 Å². The lowest BCUT2D eigenvalue weighted by Crippen LogP contribution is -1.99. The molecular formula is C22H15N5. The Hall–Kier alpha value is -4.04. The minimum absolute atomic E-state index is 0.295. The van der Waals surface area contributed by atoms with Crippen molar-refractivity contribution in [2.45, 2.75) is 0 Å². The number of azo groups is 1. The van der Waals surface area contributed by atoms with E-state index >= 15 is 0 Å². The van der Waals surface area contributed by atoms with Crippen LogP contribution in [0.1, 0.15) is 5.56 Å². The van der Waals surface area contributed by atoms with Crippen LogP contribution in [0.15, 0.2) is 101 Å². The second-order valence-corrected chi connectivity index (χ2v) is 5.81. The highest BCUT2D eigenvalue weighted by Crippen LogP contribution is 2.33. The van der Waals surface area contributed by atoms with Gasteiger partial charge < -0.3 is 0 Å². The van der Waals surface area contributed by atoms with E-state index in [-0.39, 0.29) is 0 Å². The van der Waals surface area contributed by atoms with Crippen LogP contribution >= 0.6 is 0 Å². The van der Waals surface area contributed by atoms with Gasteiger partial charge in [0.05, 0.1) is 17.1 Å². The van der Waals surface area contributed by atoms with Gasteiger partial charge in [-0.1, -0.05) is 66.7 Å². The molecule has 5 heteroatoms. The van der Waals surface area contributed by atoms with Crippen LogP contribution in [-0.2, 0) is 0 Å². The van der Waals surface area contributed by atoms with E-state index in [0.717, 1.165) is 11.3 Å². The number of hydrogen-bond donors (Lipinski definition) is 0. The maximum atomic E-state index is 9.81. The molecule has 0 bridgehead atoms. The van der Waals surface area contributed by atoms with Crippen LogP contribution in [0.2, 0.25) is 0 Å². The average molecular weight is 349 g/mol. The highest BCUT2D eigenvalue weighted by Gasteiger charge is 2.20. The van der Waals surface area contributed by atoms with Gasteiger partial charge in [-0.3, -0.25) is 0 Å². The number of para-hydroxylation sites is 1. The number of hydrogen-bond acceptors (Lipinski definition) is 4. The van der Waals surface area contributed by atoms with Gasteiger partial charge in [0, 0.05) is 5.56 Å². The number of nitriles is 1. The number of rotatable bonds is 4. The Balaban J connectivity index is 1.90. The van der Waals surface area contributed by atoms with Crippen molar-refractivity contribution in [3.8, 4) is 23.0 Å². The van der Waals surface area contributed by atoms with Crippen LogP contribution in [0.25, 0.3) is 16.9 Å². The molecule has 0 aliphatic heterocycles. The van der Waals surface area contributed by atoms with Gasteiger partial charge in [-0.25, -0.2) is 4.68 Å². The summed E-state index contributed by atoms with van der Waals surface area (Å²) in [5, 5.41) is 22.9. The molecule has 0 unspecified atom stereocenters. The first-order valence-electron chi connectivity index (χ1n) is 8.47. The van der Waals surface area contributed by atoms with Gasteiger partial charge in [-0.05, 0) is 24.3 Å². The van der Waals surface area contributed by atoms with Gasteiger partial charge in [-0.15, -0.1) is 15.3 Å². The predicted molar refractivity (Wildman–Crippen MR) is 104 cm³/mol. The Kier molecular flexibility index (Phi) is 4.54. The van der Waals surface area contributed by atoms with Crippen molar-refractivity contribution in [1.29, 1.82) is 5.26 Å². The summed E-state index contributed by atoms with van der Waals surface area (Å²) in [5.74, 6) is 0.295. The lowest BCUT2D eigenvalue weighted by atomic mass is 10.1. The molecule has 0 saturated carbocycles. The second-order valence-electron chi connectivity index (χ2n) is 5.81. The van der Waals surface area contributed by atoms with Crippen molar-refractivity contribution < 1.29 is 0 Å². The van der Waals surface area contributed by atoms with E-state index in [2.05, 4.69) is 21.4 Å². The fourth-order valence-corrected chi connectivity index (χ4v) is 2.80. The monoisotopic (exact) mass is 349 g/mol. The molecule has 5 nitrogen and oxygen atoms in total. The number of benzene rings is 3. The Morgan fingerprint density at radius 2 is 1.33 bits per heavy atom. The molecule has 0 aliphatic rings. The Labute approximate surface area is 156 Å². The molecule has 4 aromatic rings. The maximum absolute atomic E-state index is 9.81. The number of nitrogens with zero attached hydrogens (tertiary/aromatic N) is 5. The summed E-state index contributed by atoms with van der Waals surface area (Å²) in [6.45, 7) is 0. The molecular weight excluding hydrogens is 334 g/mol. The highest BCUT2D eigenvalue weighted by atomic mass is 15.3. The summed E-state index contributed by atoms with van der Waals surface area (Å²) in [7, 11) is 0. The SMILES string of the molecule is N#Cc1c(N=Nc2ccccc2)nn(-c2ccccc2)c1-c1ccccc1. The summed E-state index contributed by atoms with van der Waals surface area (Å²) in [4.78, 5) is 0. The lowest BCUT2D eigenvalue weighted by molar-refractivity contribution is 0.882. The zero-order valence-electron chi connectivity index (χ0n) is 14.4. The van der Waals surface area contributed by atoms with E-state index in [4.69, 9.17) is 0 Å². The Bertz CT molecular complexity index is 1110. The molecule has 1 aromatic heterocycles. The molecule has 0 saturated heterocycles. The summed E-state index contributed by atoms with van der Waals surface area (Å²) in [5.41, 5.74) is 3.55. The third-order valence-electron chi connectivity index (χ3n) is 4.04. The minimum Gasteiger partial charge on any atom is -0.229 e. The maximum Gasteiger partial charge on any atom is 0.214 e. The molecule has 3 aromatic carbocycles. The van der Waals surface area contributed by atoms with E-state index in [1.54, 1.807) is 4.68 Å². The molecule has 0 fully saturated rings. The van der Waals surface area contributed by atoms with Gasteiger partial charge in [0.2, 0.25) is 5.82 Å². The first kappa shape index (κ1) is 16.4. The van der Waals surface area contributed by atoms with E-state index in [1.807, 2.05) is 91.0 Å². The Morgan fingerprint density at radius 1 is 0.741 bits per heavy atom. The molecule has 27 heavy (non-hydrogen) atoms. The molecule has 0 N–H and O–H groups in total. The van der Waals surface area contributed by atoms with Crippen molar-refractivity contribution in [3.05, 3.63) is 96.6 Å². The first-order valence-corrected chi connectivity index (χ1v) is 8.47. The fraction of sp³-hybridized carbons (Fsp3) is 0. The molecule has 0 spiro atoms. The molecule has 1 heterocycles. The van der Waals surface area contributed by atoms with Gasteiger partial charge in [0.1, 0.15) is 11.6 Å². The normalized spacial score (nSPS) is 10.8. The predicted octanol–water partition coefficient (Wildman–Crippen LogP) is 5.83. The molecule has 128 valence electrons. The van der Waals surface area contributed by atoms with E-state index in [0.29, 0.717) is 22.8 Å². The van der Waals surface area contributed by atoms with E-state index in [9.17, 15) is 5.26 Å². The van der Waals surface area contributed by atoms with Crippen LogP contribution < -0.4 is 0 Å². The van der Waals surface area contributed by atoms with Crippen LogP contribution in [0.3, 0.4) is 0 Å². The van der Waals surface area contributed by atoms with Gasteiger partial charge >= 0.3 is 0 Å².